The van der Waals surface area contributed by atoms with Crippen molar-refractivity contribution in [1.29, 1.82) is 10.5 Å². The Hall–Kier alpha value is -3.06. The maximum atomic E-state index is 11.0. The first-order valence-electron chi connectivity index (χ1n) is 8.80. The van der Waals surface area contributed by atoms with Gasteiger partial charge < -0.3 is 10.4 Å². The van der Waals surface area contributed by atoms with Gasteiger partial charge in [0.25, 0.3) is 0 Å². The number of hydrogen-bond acceptors (Lipinski definition) is 4. The Bertz CT molecular complexity index is 985. The van der Waals surface area contributed by atoms with Crippen LogP contribution in [0.4, 0.5) is 5.69 Å². The molecule has 0 aliphatic heterocycles. The summed E-state index contributed by atoms with van der Waals surface area (Å²) >= 11 is 5.91. The molecule has 2 atom stereocenters. The monoisotopic (exact) mass is 393 g/mol. The molecule has 7 heteroatoms. The third kappa shape index (κ3) is 4.09. The lowest BCUT2D eigenvalue weighted by molar-refractivity contribution is 0.0198. The van der Waals surface area contributed by atoms with Crippen LogP contribution in [0.3, 0.4) is 0 Å². The Morgan fingerprint density at radius 2 is 1.93 bits per heavy atom. The van der Waals surface area contributed by atoms with Crippen LogP contribution in [0.1, 0.15) is 36.6 Å². The average molecular weight is 394 g/mol. The van der Waals surface area contributed by atoms with Crippen LogP contribution >= 0.6 is 11.6 Å². The van der Waals surface area contributed by atoms with Crippen molar-refractivity contribution in [3.8, 4) is 12.3 Å². The van der Waals surface area contributed by atoms with Crippen LogP contribution in [0.2, 0.25) is 5.02 Å². The van der Waals surface area contributed by atoms with E-state index in [1.165, 1.54) is 0 Å². The number of guanidine groups is 1. The van der Waals surface area contributed by atoms with Gasteiger partial charge in [-0.05, 0) is 59.4 Å². The SMILES string of the molecule is CC1(C)Cc2ccc(C#N)cc2[C@@H](N=C(NC#N)Nc2ccc(Cl)cc2)[C@@H]1O. The number of fused-ring (bicyclic) bond motifs is 1. The summed E-state index contributed by atoms with van der Waals surface area (Å²) < 4.78 is 0. The summed E-state index contributed by atoms with van der Waals surface area (Å²) in [6, 6.07) is 13.9. The van der Waals surface area contributed by atoms with Crippen LogP contribution in [0.5, 0.6) is 0 Å². The van der Waals surface area contributed by atoms with E-state index in [4.69, 9.17) is 16.9 Å². The topological polar surface area (TPSA) is 104 Å². The van der Waals surface area contributed by atoms with E-state index in [2.05, 4.69) is 21.7 Å². The predicted octanol–water partition coefficient (Wildman–Crippen LogP) is 3.73. The van der Waals surface area contributed by atoms with Crippen molar-refractivity contribution in [3.05, 3.63) is 64.2 Å². The Kier molecular flexibility index (Phi) is 5.56. The van der Waals surface area contributed by atoms with Gasteiger partial charge in [0.05, 0.1) is 17.7 Å². The van der Waals surface area contributed by atoms with Gasteiger partial charge in [-0.3, -0.25) is 5.32 Å². The fraction of sp³-hybridized carbons (Fsp3) is 0.286. The van der Waals surface area contributed by atoms with E-state index in [9.17, 15) is 10.4 Å². The van der Waals surface area contributed by atoms with Crippen LogP contribution in [-0.2, 0) is 6.42 Å². The highest BCUT2D eigenvalue weighted by Gasteiger charge is 2.41. The number of anilines is 1. The highest BCUT2D eigenvalue weighted by Crippen LogP contribution is 2.43. The largest absolute Gasteiger partial charge is 0.390 e. The molecule has 28 heavy (non-hydrogen) atoms. The molecule has 0 bridgehead atoms. The molecule has 3 rings (SSSR count). The van der Waals surface area contributed by atoms with E-state index in [0.29, 0.717) is 22.7 Å². The van der Waals surface area contributed by atoms with E-state index < -0.39 is 17.6 Å². The molecule has 0 radical (unpaired) electrons. The minimum absolute atomic E-state index is 0.208. The average Bonchev–Trinajstić information content (AvgIpc) is 2.67. The lowest BCUT2D eigenvalue weighted by Crippen LogP contribution is -2.41. The summed E-state index contributed by atoms with van der Waals surface area (Å²) in [7, 11) is 0. The van der Waals surface area contributed by atoms with Gasteiger partial charge in [0.15, 0.2) is 6.19 Å². The standard InChI is InChI=1S/C21H20ClN5O/c1-21(2)10-14-4-3-13(11-23)9-17(14)18(19(21)28)27-20(25-12-24)26-16-7-5-15(22)6-8-16/h3-9,18-19,28H,10H2,1-2H3,(H2,25,26,27)/t18-,19+/m1/s1. The lowest BCUT2D eigenvalue weighted by Gasteiger charge is -2.40. The molecule has 0 heterocycles. The second kappa shape index (κ2) is 7.90. The summed E-state index contributed by atoms with van der Waals surface area (Å²) in [6.45, 7) is 3.96. The molecule has 2 aromatic carbocycles. The summed E-state index contributed by atoms with van der Waals surface area (Å²) in [5, 5.41) is 35.5. The Labute approximate surface area is 169 Å². The molecule has 2 aromatic rings. The third-order valence-corrected chi connectivity index (χ3v) is 5.14. The number of nitriles is 2. The van der Waals surface area contributed by atoms with E-state index in [1.807, 2.05) is 26.1 Å². The smallest absolute Gasteiger partial charge is 0.209 e. The maximum Gasteiger partial charge on any atom is 0.209 e. The Morgan fingerprint density at radius 1 is 1.21 bits per heavy atom. The van der Waals surface area contributed by atoms with Crippen molar-refractivity contribution in [2.75, 3.05) is 5.32 Å². The molecular formula is C21H20ClN5O. The highest BCUT2D eigenvalue weighted by atomic mass is 35.5. The van der Waals surface area contributed by atoms with Crippen LogP contribution in [0, 0.1) is 28.2 Å². The molecule has 142 valence electrons. The zero-order valence-electron chi connectivity index (χ0n) is 15.6. The van der Waals surface area contributed by atoms with Gasteiger partial charge in [0, 0.05) is 10.7 Å². The van der Waals surface area contributed by atoms with Crippen LogP contribution in [0.25, 0.3) is 0 Å². The normalized spacial score (nSPS) is 20.4. The third-order valence-electron chi connectivity index (χ3n) is 4.89. The molecule has 0 spiro atoms. The number of nitrogens with one attached hydrogen (secondary N) is 2. The molecule has 0 saturated heterocycles. The summed E-state index contributed by atoms with van der Waals surface area (Å²) in [5.74, 6) is 0.208. The quantitative estimate of drug-likeness (QED) is 0.312. The molecule has 1 aliphatic carbocycles. The van der Waals surface area contributed by atoms with Gasteiger partial charge in [-0.15, -0.1) is 0 Å². The predicted molar refractivity (Wildman–Crippen MR) is 109 cm³/mol. The number of aliphatic hydroxyl groups is 1. The molecule has 0 saturated carbocycles. The molecule has 0 amide bonds. The Balaban J connectivity index is 2.03. The first-order chi connectivity index (χ1) is 13.3. The maximum absolute atomic E-state index is 11.0. The molecule has 3 N–H and O–H groups in total. The van der Waals surface area contributed by atoms with Crippen molar-refractivity contribution < 1.29 is 5.11 Å². The minimum Gasteiger partial charge on any atom is -0.390 e. The molecule has 0 aromatic heterocycles. The summed E-state index contributed by atoms with van der Waals surface area (Å²) in [6.07, 6.45) is 1.76. The number of nitrogens with zero attached hydrogens (tertiary/aromatic N) is 3. The van der Waals surface area contributed by atoms with Gasteiger partial charge in [-0.25, -0.2) is 4.99 Å². The van der Waals surface area contributed by atoms with E-state index in [-0.39, 0.29) is 5.96 Å². The van der Waals surface area contributed by atoms with E-state index in [1.54, 1.807) is 36.4 Å². The number of halogens is 1. The van der Waals surface area contributed by atoms with Gasteiger partial charge >= 0.3 is 0 Å². The minimum atomic E-state index is -0.781. The van der Waals surface area contributed by atoms with Crippen molar-refractivity contribution >= 4 is 23.2 Å². The summed E-state index contributed by atoms with van der Waals surface area (Å²) in [4.78, 5) is 4.62. The van der Waals surface area contributed by atoms with Gasteiger partial charge in [0.2, 0.25) is 5.96 Å². The van der Waals surface area contributed by atoms with Crippen molar-refractivity contribution in [2.24, 2.45) is 10.4 Å². The number of hydrogen-bond donors (Lipinski definition) is 3. The number of benzene rings is 2. The fourth-order valence-corrected chi connectivity index (χ4v) is 3.52. The van der Waals surface area contributed by atoms with Crippen LogP contribution < -0.4 is 10.6 Å². The first kappa shape index (κ1) is 19.7. The number of aliphatic imine (C=N–C) groups is 1. The van der Waals surface area contributed by atoms with Crippen LogP contribution in [0.15, 0.2) is 47.5 Å². The zero-order valence-corrected chi connectivity index (χ0v) is 16.3. The fourth-order valence-electron chi connectivity index (χ4n) is 3.39. The molecule has 6 nitrogen and oxygen atoms in total. The molecule has 0 unspecified atom stereocenters. The molecule has 1 aliphatic rings. The Morgan fingerprint density at radius 3 is 2.57 bits per heavy atom. The van der Waals surface area contributed by atoms with E-state index in [0.717, 1.165) is 11.1 Å². The van der Waals surface area contributed by atoms with Crippen molar-refractivity contribution in [3.63, 3.8) is 0 Å². The summed E-state index contributed by atoms with van der Waals surface area (Å²) in [5.41, 5.74) is 2.62. The second-order valence-electron chi connectivity index (χ2n) is 7.43. The first-order valence-corrected chi connectivity index (χ1v) is 9.18. The number of aliphatic hydroxyl groups excluding tert-OH is 1. The van der Waals surface area contributed by atoms with Gasteiger partial charge in [0.1, 0.15) is 6.04 Å². The van der Waals surface area contributed by atoms with Crippen molar-refractivity contribution in [1.82, 2.24) is 5.32 Å². The zero-order chi connectivity index (χ0) is 20.3. The van der Waals surface area contributed by atoms with Gasteiger partial charge in [-0.1, -0.05) is 31.5 Å². The van der Waals surface area contributed by atoms with Crippen LogP contribution in [-0.4, -0.2) is 17.2 Å². The lowest BCUT2D eigenvalue weighted by atomic mass is 9.69. The molecule has 0 fully saturated rings. The highest BCUT2D eigenvalue weighted by molar-refractivity contribution is 6.30. The van der Waals surface area contributed by atoms with E-state index >= 15 is 0 Å². The van der Waals surface area contributed by atoms with Crippen molar-refractivity contribution in [2.45, 2.75) is 32.4 Å². The second-order valence-corrected chi connectivity index (χ2v) is 7.86. The van der Waals surface area contributed by atoms with Gasteiger partial charge in [-0.2, -0.15) is 10.5 Å². The molecular weight excluding hydrogens is 374 g/mol. The number of rotatable bonds is 2.